The van der Waals surface area contributed by atoms with E-state index in [4.69, 9.17) is 67.5 Å². The molecule has 4 N–H and O–H groups in total. The molecule has 4 amide bonds. The van der Waals surface area contributed by atoms with Crippen LogP contribution in [0.1, 0.15) is 63.6 Å². The summed E-state index contributed by atoms with van der Waals surface area (Å²) >= 11 is 31.5. The molecule has 16 nitrogen and oxygen atoms in total. The Morgan fingerprint density at radius 2 is 1.03 bits per heavy atom. The SMILES string of the molecule is COc1ccc(CCCl)cc1NC(=O)c1cccc(N=NC(C(C)=O)C(=O)Nc2ccc(NC(=O)C(N=Nc3cccc(C(=O)Nc4cc(CCCl)ccc4OC)c3Cl)C(C)=O)c(C(C)Cl)c2)c1Cl. The Kier molecular flexibility index (Phi) is 19.6. The molecular formula is C48H45Cl5N8O8. The number of hydrogen-bond acceptors (Lipinski definition) is 12. The molecule has 0 bridgehead atoms. The van der Waals surface area contributed by atoms with Crippen LogP contribution >= 0.6 is 58.0 Å². The maximum atomic E-state index is 13.6. The molecule has 0 fully saturated rings. The summed E-state index contributed by atoms with van der Waals surface area (Å²) in [5.74, 6) is -2.65. The first-order valence-electron chi connectivity index (χ1n) is 20.9. The van der Waals surface area contributed by atoms with Crippen molar-refractivity contribution >= 4 is 127 Å². The summed E-state index contributed by atoms with van der Waals surface area (Å²) in [6.45, 7) is 3.91. The van der Waals surface area contributed by atoms with Crippen molar-refractivity contribution in [3.8, 4) is 11.5 Å². The van der Waals surface area contributed by atoms with Crippen LogP contribution in [0.5, 0.6) is 11.5 Å². The van der Waals surface area contributed by atoms with Gasteiger partial charge in [0.2, 0.25) is 12.1 Å². The van der Waals surface area contributed by atoms with Crippen LogP contribution in [-0.4, -0.2) is 73.3 Å². The number of azo groups is 2. The van der Waals surface area contributed by atoms with Gasteiger partial charge in [-0.15, -0.1) is 34.8 Å². The summed E-state index contributed by atoms with van der Waals surface area (Å²) < 4.78 is 10.8. The number of carbonyl (C=O) groups excluding carboxylic acids is 6. The Bertz CT molecular complexity index is 2820. The second-order valence-electron chi connectivity index (χ2n) is 15.0. The summed E-state index contributed by atoms with van der Waals surface area (Å²) in [5.41, 5.74) is 3.28. The third-order valence-electron chi connectivity index (χ3n) is 10.1. The van der Waals surface area contributed by atoms with E-state index in [-0.39, 0.29) is 43.9 Å². The molecule has 5 rings (SSSR count). The summed E-state index contributed by atoms with van der Waals surface area (Å²) in [6.07, 6.45) is 1.13. The normalized spacial score (nSPS) is 12.5. The number of nitrogens with zero attached hydrogens (tertiary/aromatic N) is 4. The number of ether oxygens (including phenoxy) is 2. The molecule has 5 aromatic carbocycles. The van der Waals surface area contributed by atoms with Crippen LogP contribution in [0.2, 0.25) is 10.0 Å². The zero-order valence-electron chi connectivity index (χ0n) is 37.7. The first-order valence-corrected chi connectivity index (χ1v) is 23.1. The molecule has 0 heterocycles. The lowest BCUT2D eigenvalue weighted by atomic mass is 10.1. The predicted molar refractivity (Wildman–Crippen MR) is 270 cm³/mol. The largest absolute Gasteiger partial charge is 0.495 e. The summed E-state index contributed by atoms with van der Waals surface area (Å²) in [4.78, 5) is 79.3. The van der Waals surface area contributed by atoms with Crippen LogP contribution in [0.3, 0.4) is 0 Å². The van der Waals surface area contributed by atoms with Gasteiger partial charge in [0, 0.05) is 23.1 Å². The lowest BCUT2D eigenvalue weighted by Crippen LogP contribution is -2.32. The highest BCUT2D eigenvalue weighted by Gasteiger charge is 2.27. The van der Waals surface area contributed by atoms with Gasteiger partial charge in [-0.25, -0.2) is 0 Å². The smallest absolute Gasteiger partial charge is 0.258 e. The molecule has 0 aliphatic heterocycles. The fourth-order valence-corrected chi connectivity index (χ4v) is 7.65. The number of benzene rings is 5. The highest BCUT2D eigenvalue weighted by molar-refractivity contribution is 6.37. The van der Waals surface area contributed by atoms with E-state index in [2.05, 4.69) is 41.7 Å². The number of rotatable bonds is 21. The van der Waals surface area contributed by atoms with E-state index >= 15 is 0 Å². The molecule has 5 aromatic rings. The lowest BCUT2D eigenvalue weighted by Gasteiger charge is -2.17. The number of Topliss-reactive ketones (excluding diaryl/α,β-unsaturated/α-hetero) is 2. The van der Waals surface area contributed by atoms with Crippen LogP contribution in [-0.2, 0) is 32.0 Å². The minimum atomic E-state index is -1.66. The number of ketones is 2. The van der Waals surface area contributed by atoms with Gasteiger partial charge in [0.25, 0.3) is 23.6 Å². The molecule has 0 saturated heterocycles. The van der Waals surface area contributed by atoms with E-state index in [1.807, 2.05) is 12.1 Å². The Morgan fingerprint density at radius 1 is 0.580 bits per heavy atom. The first-order chi connectivity index (χ1) is 33.0. The van der Waals surface area contributed by atoms with E-state index in [1.54, 1.807) is 31.2 Å². The Hall–Kier alpha value is -6.43. The van der Waals surface area contributed by atoms with E-state index in [0.29, 0.717) is 53.0 Å². The molecule has 3 unspecified atom stereocenters. The maximum Gasteiger partial charge on any atom is 0.258 e. The van der Waals surface area contributed by atoms with Gasteiger partial charge in [-0.3, -0.25) is 28.8 Å². The molecular weight excluding hydrogens is 994 g/mol. The number of amides is 4. The zero-order chi connectivity index (χ0) is 50.4. The number of hydrogen-bond donors (Lipinski definition) is 4. The fourth-order valence-electron chi connectivity index (χ4n) is 6.53. The van der Waals surface area contributed by atoms with Crippen molar-refractivity contribution in [2.24, 2.45) is 20.5 Å². The highest BCUT2D eigenvalue weighted by Crippen LogP contribution is 2.35. The van der Waals surface area contributed by atoms with Crippen molar-refractivity contribution in [3.63, 3.8) is 0 Å². The van der Waals surface area contributed by atoms with Crippen LogP contribution in [0, 0.1) is 0 Å². The molecule has 21 heteroatoms. The second-order valence-corrected chi connectivity index (χ2v) is 17.2. The predicted octanol–water partition coefficient (Wildman–Crippen LogP) is 11.7. The van der Waals surface area contributed by atoms with Gasteiger partial charge in [0.15, 0.2) is 11.6 Å². The van der Waals surface area contributed by atoms with Crippen molar-refractivity contribution in [3.05, 3.63) is 129 Å². The number of halogens is 5. The van der Waals surface area contributed by atoms with Crippen LogP contribution in [0.15, 0.2) is 111 Å². The van der Waals surface area contributed by atoms with Gasteiger partial charge in [-0.1, -0.05) is 47.5 Å². The van der Waals surface area contributed by atoms with Crippen LogP contribution in [0.4, 0.5) is 34.1 Å². The minimum absolute atomic E-state index is 0.00592. The highest BCUT2D eigenvalue weighted by atomic mass is 35.5. The number of carbonyl (C=O) groups is 6. The average Bonchev–Trinajstić information content (AvgIpc) is 3.30. The number of anilines is 4. The number of alkyl halides is 3. The molecule has 0 spiro atoms. The van der Waals surface area contributed by atoms with Gasteiger partial charge < -0.3 is 30.7 Å². The molecule has 69 heavy (non-hydrogen) atoms. The van der Waals surface area contributed by atoms with Gasteiger partial charge >= 0.3 is 0 Å². The molecule has 0 aliphatic carbocycles. The zero-order valence-corrected chi connectivity index (χ0v) is 41.4. The van der Waals surface area contributed by atoms with Gasteiger partial charge in [0.05, 0.1) is 52.1 Å². The van der Waals surface area contributed by atoms with Crippen LogP contribution in [0.25, 0.3) is 0 Å². The van der Waals surface area contributed by atoms with Crippen molar-refractivity contribution in [2.45, 2.75) is 51.1 Å². The second kappa shape index (κ2) is 25.3. The van der Waals surface area contributed by atoms with Gasteiger partial charge in [0.1, 0.15) is 22.9 Å². The van der Waals surface area contributed by atoms with E-state index in [0.717, 1.165) is 25.0 Å². The molecule has 0 aliphatic rings. The molecule has 0 aromatic heterocycles. The van der Waals surface area contributed by atoms with Crippen LogP contribution < -0.4 is 30.7 Å². The molecule has 3 atom stereocenters. The molecule has 0 saturated carbocycles. The summed E-state index contributed by atoms with van der Waals surface area (Å²) in [5, 5.41) is 26.0. The molecule has 0 radical (unpaired) electrons. The van der Waals surface area contributed by atoms with E-state index in [9.17, 15) is 28.8 Å². The summed E-state index contributed by atoms with van der Waals surface area (Å²) in [6, 6.07) is 20.4. The van der Waals surface area contributed by atoms with E-state index in [1.165, 1.54) is 68.8 Å². The molecule has 360 valence electrons. The fraction of sp³-hybridized carbons (Fsp3) is 0.250. The van der Waals surface area contributed by atoms with Crippen molar-refractivity contribution < 1.29 is 38.2 Å². The maximum absolute atomic E-state index is 13.6. The average molecular weight is 1040 g/mol. The summed E-state index contributed by atoms with van der Waals surface area (Å²) in [7, 11) is 2.93. The van der Waals surface area contributed by atoms with Gasteiger partial charge in [-0.05, 0) is 117 Å². The van der Waals surface area contributed by atoms with Crippen molar-refractivity contribution in [1.29, 1.82) is 0 Å². The third kappa shape index (κ3) is 14.1. The lowest BCUT2D eigenvalue weighted by molar-refractivity contribution is -0.127. The standard InChI is InChI=1S/C48H45Cl5N8O8/c1-25(51)33-24-30(54-47(66)43(26(2)62)60-58-35-10-6-8-31(41(35)52)45(64)56-37-22-28(18-20-49)12-16-39(37)68-4)14-15-34(33)55-48(67)44(27(3)63)61-59-36-11-7-9-32(42(36)53)46(65)57-38-23-29(19-21-50)13-17-40(38)69-5/h6-17,22-25,43-44H,18-21H2,1-5H3,(H,54,66)(H,55,67)(H,56,64)(H,57,65). The number of methoxy groups -OCH3 is 2. The third-order valence-corrected chi connectivity index (χ3v) is 11.5. The van der Waals surface area contributed by atoms with Gasteiger partial charge in [-0.2, -0.15) is 20.5 Å². The Balaban J connectivity index is 1.29. The topological polar surface area (TPSA) is 218 Å². The Labute approximate surface area is 422 Å². The number of aryl methyl sites for hydroxylation is 2. The monoisotopic (exact) mass is 1040 g/mol. The van der Waals surface area contributed by atoms with Crippen molar-refractivity contribution in [2.75, 3.05) is 47.2 Å². The number of nitrogens with one attached hydrogen (secondary N) is 4. The Morgan fingerprint density at radius 3 is 1.43 bits per heavy atom. The first kappa shape index (κ1) is 53.5. The quantitative estimate of drug-likeness (QED) is 0.0314. The van der Waals surface area contributed by atoms with E-state index < -0.39 is 52.7 Å². The van der Waals surface area contributed by atoms with Crippen molar-refractivity contribution in [1.82, 2.24) is 0 Å². The minimum Gasteiger partial charge on any atom is -0.495 e.